The Bertz CT molecular complexity index is 707. The van der Waals surface area contributed by atoms with Gasteiger partial charge in [-0.15, -0.1) is 0 Å². The smallest absolute Gasteiger partial charge is 0.429 e. The molecule has 0 saturated carbocycles. The largest absolute Gasteiger partial charge is 0.466 e. The summed E-state index contributed by atoms with van der Waals surface area (Å²) in [5.74, 6) is -0.979. The van der Waals surface area contributed by atoms with Crippen LogP contribution in [0.2, 0.25) is 0 Å². The zero-order chi connectivity index (χ0) is 27.2. The van der Waals surface area contributed by atoms with Crippen molar-refractivity contribution in [2.75, 3.05) is 6.61 Å². The molecule has 7 heteroatoms. The number of alkyl halides is 3. The monoisotopic (exact) mass is 528 g/mol. The van der Waals surface area contributed by atoms with E-state index in [0.29, 0.717) is 19.4 Å². The molecule has 0 fully saturated rings. The molecular formula is C30H47F3O4. The Hall–Kier alpha value is -2.05. The Balaban J connectivity index is 1.96. The highest BCUT2D eigenvalue weighted by Gasteiger charge is 2.43. The minimum Gasteiger partial charge on any atom is -0.466 e. The minimum absolute atomic E-state index is 0.0370. The number of hydrogen-bond acceptors (Lipinski definition) is 4. The fraction of sp³-hybridized carbons (Fsp3) is 0.733. The van der Waals surface area contributed by atoms with Crippen molar-refractivity contribution in [3.05, 3.63) is 35.9 Å². The van der Waals surface area contributed by atoms with E-state index in [1.165, 1.54) is 75.6 Å². The van der Waals surface area contributed by atoms with Gasteiger partial charge in [0.25, 0.3) is 0 Å². The summed E-state index contributed by atoms with van der Waals surface area (Å²) < 4.78 is 49.8. The molecule has 212 valence electrons. The van der Waals surface area contributed by atoms with Crippen molar-refractivity contribution < 1.29 is 32.2 Å². The molecule has 4 nitrogen and oxygen atoms in total. The Morgan fingerprint density at radius 1 is 0.676 bits per heavy atom. The van der Waals surface area contributed by atoms with E-state index < -0.39 is 18.2 Å². The number of ether oxygens (including phenoxy) is 2. The normalized spacial score (nSPS) is 12.3. The topological polar surface area (TPSA) is 52.6 Å². The van der Waals surface area contributed by atoms with Crippen LogP contribution < -0.4 is 0 Å². The van der Waals surface area contributed by atoms with Gasteiger partial charge in [0.1, 0.15) is 0 Å². The van der Waals surface area contributed by atoms with Gasteiger partial charge in [-0.2, -0.15) is 13.2 Å². The van der Waals surface area contributed by atoms with Crippen molar-refractivity contribution in [2.45, 2.75) is 135 Å². The number of carbonyl (C=O) groups is 2. The number of halogens is 3. The molecule has 0 aliphatic carbocycles. The second-order valence-corrected chi connectivity index (χ2v) is 9.85. The number of esters is 2. The van der Waals surface area contributed by atoms with E-state index in [9.17, 15) is 22.8 Å². The van der Waals surface area contributed by atoms with Gasteiger partial charge < -0.3 is 9.47 Å². The first-order valence-electron chi connectivity index (χ1n) is 14.3. The van der Waals surface area contributed by atoms with Gasteiger partial charge >= 0.3 is 18.1 Å². The molecule has 0 N–H and O–H groups in total. The number of hydrogen-bond donors (Lipinski definition) is 0. The maximum atomic E-state index is 13.3. The van der Waals surface area contributed by atoms with Crippen molar-refractivity contribution >= 4 is 11.9 Å². The fourth-order valence-corrected chi connectivity index (χ4v) is 4.24. The van der Waals surface area contributed by atoms with Crippen LogP contribution in [0.5, 0.6) is 0 Å². The average Bonchev–Trinajstić information content (AvgIpc) is 2.87. The van der Waals surface area contributed by atoms with Crippen LogP contribution in [-0.2, 0) is 19.1 Å². The molecule has 0 saturated heterocycles. The summed E-state index contributed by atoms with van der Waals surface area (Å²) >= 11 is 0. The van der Waals surface area contributed by atoms with Gasteiger partial charge in [-0.25, -0.2) is 0 Å². The molecular weight excluding hydrogens is 481 g/mol. The molecule has 0 aromatic heterocycles. The number of rotatable bonds is 22. The second kappa shape index (κ2) is 20.9. The number of carbonyl (C=O) groups excluding carboxylic acids is 2. The summed E-state index contributed by atoms with van der Waals surface area (Å²) in [5, 5.41) is 0. The predicted octanol–water partition coefficient (Wildman–Crippen LogP) is 9.42. The zero-order valence-electron chi connectivity index (χ0n) is 22.7. The fourth-order valence-electron chi connectivity index (χ4n) is 4.24. The SMILES string of the molecule is CCCCCCCCCCCCOC(=O)CCCCCCCCC(=O)OC(c1ccccc1)C(F)(F)F. The molecule has 0 spiro atoms. The third-order valence-corrected chi connectivity index (χ3v) is 6.42. The van der Waals surface area contributed by atoms with E-state index in [2.05, 4.69) is 6.92 Å². The first-order chi connectivity index (χ1) is 17.8. The van der Waals surface area contributed by atoms with E-state index in [0.717, 1.165) is 44.9 Å². The highest BCUT2D eigenvalue weighted by atomic mass is 19.4. The van der Waals surface area contributed by atoms with Crippen LogP contribution in [0, 0.1) is 0 Å². The van der Waals surface area contributed by atoms with Crippen molar-refractivity contribution in [1.82, 2.24) is 0 Å². The summed E-state index contributed by atoms with van der Waals surface area (Å²) in [6.45, 7) is 2.74. The van der Waals surface area contributed by atoms with E-state index in [4.69, 9.17) is 9.47 Å². The zero-order valence-corrected chi connectivity index (χ0v) is 22.7. The van der Waals surface area contributed by atoms with E-state index in [-0.39, 0.29) is 18.0 Å². The predicted molar refractivity (Wildman–Crippen MR) is 141 cm³/mol. The molecule has 0 heterocycles. The summed E-state index contributed by atoms with van der Waals surface area (Å²) in [7, 11) is 0. The van der Waals surface area contributed by atoms with Gasteiger partial charge in [-0.05, 0) is 19.3 Å². The van der Waals surface area contributed by atoms with E-state index in [1.54, 1.807) is 6.07 Å². The highest BCUT2D eigenvalue weighted by Crippen LogP contribution is 2.36. The first-order valence-corrected chi connectivity index (χ1v) is 14.3. The van der Waals surface area contributed by atoms with Gasteiger partial charge in [-0.3, -0.25) is 9.59 Å². The molecule has 37 heavy (non-hydrogen) atoms. The molecule has 0 amide bonds. The second-order valence-electron chi connectivity index (χ2n) is 9.85. The number of benzene rings is 1. The van der Waals surface area contributed by atoms with Crippen molar-refractivity contribution in [2.24, 2.45) is 0 Å². The van der Waals surface area contributed by atoms with Crippen LogP contribution in [0.1, 0.15) is 134 Å². The summed E-state index contributed by atoms with van der Waals surface area (Å²) in [6, 6.07) is 7.19. The maximum absolute atomic E-state index is 13.3. The lowest BCUT2D eigenvalue weighted by Gasteiger charge is -2.21. The van der Waals surface area contributed by atoms with Gasteiger partial charge in [0, 0.05) is 18.4 Å². The summed E-state index contributed by atoms with van der Waals surface area (Å²) in [6.07, 6.45) is 10.6. The molecule has 0 aliphatic heterocycles. The van der Waals surface area contributed by atoms with Gasteiger partial charge in [0.2, 0.25) is 6.10 Å². The number of unbranched alkanes of at least 4 members (excludes halogenated alkanes) is 14. The van der Waals surface area contributed by atoms with Crippen LogP contribution in [0.25, 0.3) is 0 Å². The average molecular weight is 529 g/mol. The Morgan fingerprint density at radius 3 is 1.65 bits per heavy atom. The third-order valence-electron chi connectivity index (χ3n) is 6.42. The van der Waals surface area contributed by atoms with Gasteiger partial charge in [0.05, 0.1) is 6.61 Å². The molecule has 1 aromatic rings. The molecule has 0 aliphatic rings. The Labute approximate surface area is 221 Å². The van der Waals surface area contributed by atoms with Crippen LogP contribution in [-0.4, -0.2) is 24.7 Å². The van der Waals surface area contributed by atoms with Crippen LogP contribution in [0.4, 0.5) is 13.2 Å². The van der Waals surface area contributed by atoms with Crippen LogP contribution in [0.3, 0.4) is 0 Å². The molecule has 1 atom stereocenters. The summed E-state index contributed by atoms with van der Waals surface area (Å²) in [4.78, 5) is 23.7. The van der Waals surface area contributed by atoms with Crippen molar-refractivity contribution in [3.8, 4) is 0 Å². The standard InChI is InChI=1S/C30H47F3O4/c1-2-3-4-5-6-7-8-11-14-20-25-36-27(34)23-18-12-9-10-13-19-24-28(35)37-29(30(31,32)33)26-21-16-15-17-22-26/h15-17,21-22,29H,2-14,18-20,23-25H2,1H3. The minimum atomic E-state index is -4.65. The van der Waals surface area contributed by atoms with Crippen LogP contribution in [0.15, 0.2) is 30.3 Å². The molecule has 1 unspecified atom stereocenters. The highest BCUT2D eigenvalue weighted by molar-refractivity contribution is 5.70. The lowest BCUT2D eigenvalue weighted by atomic mass is 10.1. The quantitative estimate of drug-likeness (QED) is 0.111. The van der Waals surface area contributed by atoms with Gasteiger partial charge in [-0.1, -0.05) is 121 Å². The lowest BCUT2D eigenvalue weighted by molar-refractivity contribution is -0.224. The molecule has 1 rings (SSSR count). The molecule has 1 aromatic carbocycles. The summed E-state index contributed by atoms with van der Waals surface area (Å²) in [5.41, 5.74) is -0.0784. The third kappa shape index (κ3) is 17.9. The van der Waals surface area contributed by atoms with Gasteiger partial charge in [0.15, 0.2) is 0 Å². The van der Waals surface area contributed by atoms with Crippen LogP contribution >= 0.6 is 0 Å². The lowest BCUT2D eigenvalue weighted by Crippen LogP contribution is -2.26. The molecule has 0 radical (unpaired) electrons. The van der Waals surface area contributed by atoms with Crippen molar-refractivity contribution in [1.29, 1.82) is 0 Å². The molecule has 0 bridgehead atoms. The van der Waals surface area contributed by atoms with Crippen molar-refractivity contribution in [3.63, 3.8) is 0 Å². The van der Waals surface area contributed by atoms with E-state index in [1.807, 2.05) is 0 Å². The Morgan fingerprint density at radius 2 is 1.14 bits per heavy atom. The van der Waals surface area contributed by atoms with E-state index >= 15 is 0 Å². The Kier molecular flexibility index (Phi) is 18.7. The maximum Gasteiger partial charge on any atom is 0.429 e. The first kappa shape index (κ1) is 33.0.